The van der Waals surface area contributed by atoms with Crippen LogP contribution in [-0.4, -0.2) is 18.9 Å². The number of carbonyl (C=O) groups excluding carboxylic acids is 1. The van der Waals surface area contributed by atoms with Gasteiger partial charge in [0.05, 0.1) is 5.69 Å². The van der Waals surface area contributed by atoms with Crippen LogP contribution >= 0.6 is 0 Å². The first-order chi connectivity index (χ1) is 9.03. The quantitative estimate of drug-likeness (QED) is 0.685. The van der Waals surface area contributed by atoms with Crippen LogP contribution < -0.4 is 4.90 Å². The number of anilines is 1. The Balaban J connectivity index is 2.95. The predicted octanol–water partition coefficient (Wildman–Crippen LogP) is 4.29. The number of carbonyl (C=O) groups is 1. The Bertz CT molecular complexity index is 427. The number of benzene rings is 1. The van der Waals surface area contributed by atoms with Gasteiger partial charge in [0.15, 0.2) is 5.78 Å². The lowest BCUT2D eigenvalue weighted by Gasteiger charge is -2.28. The summed E-state index contributed by atoms with van der Waals surface area (Å²) in [7, 11) is 0. The topological polar surface area (TPSA) is 20.3 Å². The van der Waals surface area contributed by atoms with Crippen molar-refractivity contribution in [2.45, 2.75) is 40.5 Å². The van der Waals surface area contributed by atoms with E-state index in [2.05, 4.69) is 18.7 Å². The van der Waals surface area contributed by atoms with Gasteiger partial charge in [0.1, 0.15) is 5.82 Å². The molecule has 106 valence electrons. The normalized spacial score (nSPS) is 10.8. The van der Waals surface area contributed by atoms with Gasteiger partial charge in [-0.05, 0) is 38.0 Å². The predicted molar refractivity (Wildman–Crippen MR) is 78.4 cm³/mol. The molecular formula is C16H24FNO. The summed E-state index contributed by atoms with van der Waals surface area (Å²) in [5, 5.41) is 0. The second-order valence-corrected chi connectivity index (χ2v) is 4.94. The fourth-order valence-corrected chi connectivity index (χ4v) is 2.24. The van der Waals surface area contributed by atoms with Crippen molar-refractivity contribution in [1.82, 2.24) is 0 Å². The maximum atomic E-state index is 14.1. The number of hydrogen-bond acceptors (Lipinski definition) is 2. The van der Waals surface area contributed by atoms with E-state index in [0.717, 1.165) is 25.9 Å². The van der Waals surface area contributed by atoms with Gasteiger partial charge in [-0.2, -0.15) is 0 Å². The molecule has 0 amide bonds. The van der Waals surface area contributed by atoms with Crippen molar-refractivity contribution < 1.29 is 9.18 Å². The van der Waals surface area contributed by atoms with Crippen LogP contribution in [0.15, 0.2) is 18.2 Å². The molecule has 0 unspecified atom stereocenters. The van der Waals surface area contributed by atoms with Gasteiger partial charge in [-0.15, -0.1) is 0 Å². The number of halogens is 1. The molecule has 1 aromatic rings. The van der Waals surface area contributed by atoms with Crippen LogP contribution in [0.1, 0.15) is 50.9 Å². The lowest BCUT2D eigenvalue weighted by Crippen LogP contribution is -2.29. The summed E-state index contributed by atoms with van der Waals surface area (Å²) < 4.78 is 14.1. The number of Topliss-reactive ketones (excluding diaryl/α,β-unsaturated/α-hetero) is 1. The molecule has 0 fully saturated rings. The molecule has 1 rings (SSSR count). The van der Waals surface area contributed by atoms with Gasteiger partial charge in [-0.3, -0.25) is 4.79 Å². The van der Waals surface area contributed by atoms with Crippen molar-refractivity contribution >= 4 is 11.5 Å². The highest BCUT2D eigenvalue weighted by Gasteiger charge is 2.15. The molecule has 0 aliphatic carbocycles. The third-order valence-corrected chi connectivity index (χ3v) is 3.71. The van der Waals surface area contributed by atoms with E-state index in [-0.39, 0.29) is 11.6 Å². The first-order valence-electron chi connectivity index (χ1n) is 7.08. The van der Waals surface area contributed by atoms with Crippen LogP contribution in [-0.2, 0) is 0 Å². The average molecular weight is 265 g/mol. The van der Waals surface area contributed by atoms with E-state index < -0.39 is 0 Å². The molecule has 0 spiro atoms. The van der Waals surface area contributed by atoms with E-state index >= 15 is 0 Å². The molecule has 0 aromatic heterocycles. The second-order valence-electron chi connectivity index (χ2n) is 4.94. The third-order valence-electron chi connectivity index (χ3n) is 3.71. The monoisotopic (exact) mass is 265 g/mol. The zero-order chi connectivity index (χ0) is 14.4. The van der Waals surface area contributed by atoms with Crippen molar-refractivity contribution in [3.8, 4) is 0 Å². The van der Waals surface area contributed by atoms with Crippen molar-refractivity contribution in [2.24, 2.45) is 5.92 Å². The van der Waals surface area contributed by atoms with Crippen LogP contribution in [0.4, 0.5) is 10.1 Å². The van der Waals surface area contributed by atoms with Crippen LogP contribution in [0.25, 0.3) is 0 Å². The Labute approximate surface area is 115 Å². The van der Waals surface area contributed by atoms with Gasteiger partial charge in [-0.25, -0.2) is 4.39 Å². The minimum absolute atomic E-state index is 0.103. The molecule has 3 heteroatoms. The maximum Gasteiger partial charge on any atom is 0.159 e. The molecule has 0 N–H and O–H groups in total. The van der Waals surface area contributed by atoms with Crippen molar-refractivity contribution in [3.63, 3.8) is 0 Å². The van der Waals surface area contributed by atoms with E-state index in [1.54, 1.807) is 12.1 Å². The number of rotatable bonds is 7. The molecule has 19 heavy (non-hydrogen) atoms. The van der Waals surface area contributed by atoms with Gasteiger partial charge >= 0.3 is 0 Å². The van der Waals surface area contributed by atoms with Crippen molar-refractivity contribution in [3.05, 3.63) is 29.6 Å². The molecule has 0 aliphatic rings. The van der Waals surface area contributed by atoms with Crippen LogP contribution in [0.3, 0.4) is 0 Å². The van der Waals surface area contributed by atoms with E-state index in [9.17, 15) is 9.18 Å². The molecule has 0 saturated heterocycles. The summed E-state index contributed by atoms with van der Waals surface area (Å²) in [5.74, 6) is 0.167. The standard InChI is InChI=1S/C16H24FNO/c1-5-13(6-2)11-18(7-3)16-9-8-14(12(4)19)10-15(16)17/h8-10,13H,5-7,11H2,1-4H3. The highest BCUT2D eigenvalue weighted by Crippen LogP contribution is 2.23. The Morgan fingerprint density at radius 1 is 1.26 bits per heavy atom. The number of hydrogen-bond donors (Lipinski definition) is 0. The lowest BCUT2D eigenvalue weighted by atomic mass is 10.0. The van der Waals surface area contributed by atoms with Crippen LogP contribution in [0.2, 0.25) is 0 Å². The molecule has 0 atom stereocenters. The smallest absolute Gasteiger partial charge is 0.159 e. The molecule has 0 aliphatic heterocycles. The summed E-state index contributed by atoms with van der Waals surface area (Å²) in [6.07, 6.45) is 2.19. The molecule has 2 nitrogen and oxygen atoms in total. The van der Waals surface area contributed by atoms with E-state index in [4.69, 9.17) is 0 Å². The first kappa shape index (κ1) is 15.7. The second kappa shape index (κ2) is 7.27. The largest absolute Gasteiger partial charge is 0.369 e. The number of ketones is 1. The zero-order valence-electron chi connectivity index (χ0n) is 12.4. The summed E-state index contributed by atoms with van der Waals surface area (Å²) in [6, 6.07) is 4.77. The Kier molecular flexibility index (Phi) is 6.00. The minimum atomic E-state index is -0.305. The van der Waals surface area contributed by atoms with E-state index in [0.29, 0.717) is 17.2 Å². The summed E-state index contributed by atoms with van der Waals surface area (Å²) in [4.78, 5) is 13.3. The Hall–Kier alpha value is -1.38. The van der Waals surface area contributed by atoms with Gasteiger partial charge in [0.2, 0.25) is 0 Å². The Morgan fingerprint density at radius 2 is 1.89 bits per heavy atom. The van der Waals surface area contributed by atoms with Crippen molar-refractivity contribution in [2.75, 3.05) is 18.0 Å². The Morgan fingerprint density at radius 3 is 2.32 bits per heavy atom. The molecule has 0 saturated carbocycles. The van der Waals surface area contributed by atoms with Crippen molar-refractivity contribution in [1.29, 1.82) is 0 Å². The van der Waals surface area contributed by atoms with Gasteiger partial charge in [-0.1, -0.05) is 26.7 Å². The first-order valence-corrected chi connectivity index (χ1v) is 7.08. The lowest BCUT2D eigenvalue weighted by molar-refractivity contribution is 0.101. The zero-order valence-corrected chi connectivity index (χ0v) is 12.4. The SMILES string of the molecule is CCC(CC)CN(CC)c1ccc(C(C)=O)cc1F. The average Bonchev–Trinajstić information content (AvgIpc) is 2.41. The van der Waals surface area contributed by atoms with E-state index in [1.165, 1.54) is 13.0 Å². The van der Waals surface area contributed by atoms with Gasteiger partial charge in [0, 0.05) is 18.7 Å². The van der Waals surface area contributed by atoms with Crippen LogP contribution in [0.5, 0.6) is 0 Å². The molecular weight excluding hydrogens is 241 g/mol. The third kappa shape index (κ3) is 4.05. The molecule has 1 aromatic carbocycles. The molecule has 0 heterocycles. The van der Waals surface area contributed by atoms with E-state index in [1.807, 2.05) is 6.92 Å². The van der Waals surface area contributed by atoms with Gasteiger partial charge < -0.3 is 4.90 Å². The molecule has 0 radical (unpaired) electrons. The fourth-order valence-electron chi connectivity index (χ4n) is 2.24. The highest BCUT2D eigenvalue weighted by molar-refractivity contribution is 5.94. The fraction of sp³-hybridized carbons (Fsp3) is 0.562. The van der Waals surface area contributed by atoms with Gasteiger partial charge in [0.25, 0.3) is 0 Å². The number of nitrogens with zero attached hydrogens (tertiary/aromatic N) is 1. The summed E-state index contributed by atoms with van der Waals surface area (Å²) >= 11 is 0. The molecule has 0 bridgehead atoms. The van der Waals surface area contributed by atoms with Crippen LogP contribution in [0, 0.1) is 11.7 Å². The summed E-state index contributed by atoms with van der Waals surface area (Å²) in [6.45, 7) is 9.44. The summed E-state index contributed by atoms with van der Waals surface area (Å²) in [5.41, 5.74) is 1.03. The maximum absolute atomic E-state index is 14.1. The minimum Gasteiger partial charge on any atom is -0.369 e. The highest BCUT2D eigenvalue weighted by atomic mass is 19.1.